The Morgan fingerprint density at radius 2 is 1.90 bits per heavy atom. The van der Waals surface area contributed by atoms with Gasteiger partial charge in [-0.3, -0.25) is 14.6 Å². The van der Waals surface area contributed by atoms with E-state index in [0.717, 1.165) is 39.3 Å². The number of ether oxygens (including phenoxy) is 1. The number of nitrogens with zero attached hydrogens (tertiary/aromatic N) is 3. The van der Waals surface area contributed by atoms with Gasteiger partial charge >= 0.3 is 0 Å². The van der Waals surface area contributed by atoms with Crippen LogP contribution in [0.25, 0.3) is 11.8 Å². The van der Waals surface area contributed by atoms with Gasteiger partial charge < -0.3 is 9.30 Å². The first-order chi connectivity index (χ1) is 14.0. The lowest BCUT2D eigenvalue weighted by Crippen LogP contribution is -2.28. The van der Waals surface area contributed by atoms with E-state index in [1.165, 1.54) is 7.11 Å². The van der Waals surface area contributed by atoms with E-state index in [4.69, 9.17) is 4.74 Å². The van der Waals surface area contributed by atoms with Crippen LogP contribution < -0.4 is 9.64 Å². The maximum atomic E-state index is 13.0. The van der Waals surface area contributed by atoms with Crippen LogP contribution in [0, 0.1) is 13.8 Å². The molecule has 1 aliphatic rings. The predicted octanol–water partition coefficient (Wildman–Crippen LogP) is 4.74. The molecule has 1 aromatic carbocycles. The zero-order chi connectivity index (χ0) is 20.5. The molecule has 3 heterocycles. The summed E-state index contributed by atoms with van der Waals surface area (Å²) >= 11 is 0.932. The lowest BCUT2D eigenvalue weighted by atomic mass is 10.2. The van der Waals surface area contributed by atoms with E-state index in [0.29, 0.717) is 16.3 Å². The molecule has 0 N–H and O–H groups in total. The van der Waals surface area contributed by atoms with Gasteiger partial charge in [0.2, 0.25) is 0 Å². The second-order valence-electron chi connectivity index (χ2n) is 6.56. The summed E-state index contributed by atoms with van der Waals surface area (Å²) in [6.07, 6.45) is 5.29. The molecule has 1 saturated heterocycles. The highest BCUT2D eigenvalue weighted by Gasteiger charge is 2.37. The Kier molecular flexibility index (Phi) is 4.98. The lowest BCUT2D eigenvalue weighted by Gasteiger charge is -2.15. The molecule has 1 aliphatic heterocycles. The first kappa shape index (κ1) is 19.0. The number of thioether (sulfide) groups is 1. The Balaban J connectivity index is 1.72. The SMILES string of the molecule is COc1ccccc1N1C(=O)S/C(=C/c2cc(C)n(-c3cccnc3)c2C)C1=O. The number of carbonyl (C=O) groups excluding carboxylic acids is 2. The van der Waals surface area contributed by atoms with E-state index in [-0.39, 0.29) is 11.1 Å². The minimum absolute atomic E-state index is 0.341. The van der Waals surface area contributed by atoms with Gasteiger partial charge in [-0.2, -0.15) is 0 Å². The van der Waals surface area contributed by atoms with Crippen LogP contribution in [-0.4, -0.2) is 27.8 Å². The first-order valence-electron chi connectivity index (χ1n) is 9.01. The van der Waals surface area contributed by atoms with E-state index < -0.39 is 0 Å². The third-order valence-electron chi connectivity index (χ3n) is 4.78. The number of hydrogen-bond acceptors (Lipinski definition) is 5. The number of para-hydroxylation sites is 2. The van der Waals surface area contributed by atoms with Gasteiger partial charge in [0.05, 0.1) is 29.6 Å². The van der Waals surface area contributed by atoms with Gasteiger partial charge in [-0.05, 0) is 67.6 Å². The van der Waals surface area contributed by atoms with Crippen LogP contribution in [0.1, 0.15) is 17.0 Å². The standard InChI is InChI=1S/C22H19N3O3S/c1-14-11-16(15(2)24(14)17-7-6-10-23-13-17)12-20-21(26)25(22(27)29-20)18-8-4-5-9-19(18)28-3/h4-13H,1-3H3/b20-12+. The third kappa shape index (κ3) is 3.34. The van der Waals surface area contributed by atoms with Crippen LogP contribution in [0.15, 0.2) is 59.8 Å². The number of benzene rings is 1. The van der Waals surface area contributed by atoms with Gasteiger partial charge in [-0.1, -0.05) is 12.1 Å². The molecule has 146 valence electrons. The predicted molar refractivity (Wildman–Crippen MR) is 114 cm³/mol. The Bertz CT molecular complexity index is 1140. The van der Waals surface area contributed by atoms with Crippen molar-refractivity contribution in [1.82, 2.24) is 9.55 Å². The topological polar surface area (TPSA) is 64.4 Å². The molecule has 2 amide bonds. The van der Waals surface area contributed by atoms with Crippen molar-refractivity contribution in [2.24, 2.45) is 0 Å². The molecule has 2 aromatic heterocycles. The van der Waals surface area contributed by atoms with Gasteiger partial charge in [-0.25, -0.2) is 4.90 Å². The van der Waals surface area contributed by atoms with Gasteiger partial charge in [-0.15, -0.1) is 0 Å². The van der Waals surface area contributed by atoms with E-state index in [9.17, 15) is 9.59 Å². The second-order valence-corrected chi connectivity index (χ2v) is 7.56. The summed E-state index contributed by atoms with van der Waals surface area (Å²) in [6, 6.07) is 12.9. The first-order valence-corrected chi connectivity index (χ1v) is 9.83. The summed E-state index contributed by atoms with van der Waals surface area (Å²) < 4.78 is 7.38. The smallest absolute Gasteiger partial charge is 0.298 e. The highest BCUT2D eigenvalue weighted by atomic mass is 32.2. The summed E-state index contributed by atoms with van der Waals surface area (Å²) in [5.41, 5.74) is 4.27. The van der Waals surface area contributed by atoms with Crippen LogP contribution in [-0.2, 0) is 4.79 Å². The number of rotatable bonds is 4. The van der Waals surface area contributed by atoms with Crippen molar-refractivity contribution in [2.45, 2.75) is 13.8 Å². The number of aryl methyl sites for hydroxylation is 1. The third-order valence-corrected chi connectivity index (χ3v) is 5.65. The van der Waals surface area contributed by atoms with E-state index in [1.807, 2.05) is 32.0 Å². The van der Waals surface area contributed by atoms with E-state index >= 15 is 0 Å². The number of aromatic nitrogens is 2. The Morgan fingerprint density at radius 1 is 1.10 bits per heavy atom. The van der Waals surface area contributed by atoms with Gasteiger partial charge in [0, 0.05) is 17.6 Å². The number of hydrogen-bond donors (Lipinski definition) is 0. The lowest BCUT2D eigenvalue weighted by molar-refractivity contribution is -0.113. The van der Waals surface area contributed by atoms with Crippen molar-refractivity contribution < 1.29 is 14.3 Å². The molecule has 0 unspecified atom stereocenters. The minimum Gasteiger partial charge on any atom is -0.495 e. The summed E-state index contributed by atoms with van der Waals surface area (Å²) in [4.78, 5) is 31.3. The number of carbonyl (C=O) groups is 2. The molecular weight excluding hydrogens is 386 g/mol. The van der Waals surface area contributed by atoms with Crippen molar-refractivity contribution in [2.75, 3.05) is 12.0 Å². The molecule has 0 bridgehead atoms. The largest absolute Gasteiger partial charge is 0.495 e. The zero-order valence-electron chi connectivity index (χ0n) is 16.2. The quantitative estimate of drug-likeness (QED) is 0.587. The molecule has 0 aliphatic carbocycles. The highest BCUT2D eigenvalue weighted by Crippen LogP contribution is 2.40. The number of anilines is 1. The molecule has 29 heavy (non-hydrogen) atoms. The monoisotopic (exact) mass is 405 g/mol. The molecule has 7 heteroatoms. The number of methoxy groups -OCH3 is 1. The normalized spacial score (nSPS) is 15.4. The van der Waals surface area contributed by atoms with E-state index in [1.54, 1.807) is 42.7 Å². The Hall–Kier alpha value is -3.32. The molecule has 0 radical (unpaired) electrons. The van der Waals surface area contributed by atoms with Gasteiger partial charge in [0.15, 0.2) is 0 Å². The Labute approximate surface area is 172 Å². The Morgan fingerprint density at radius 3 is 2.62 bits per heavy atom. The van der Waals surface area contributed by atoms with Crippen molar-refractivity contribution in [3.05, 3.63) is 76.7 Å². The average Bonchev–Trinajstić information content (AvgIpc) is 3.17. The van der Waals surface area contributed by atoms with Gasteiger partial charge in [0.25, 0.3) is 11.1 Å². The number of amides is 2. The minimum atomic E-state index is -0.351. The molecule has 0 atom stereocenters. The van der Waals surface area contributed by atoms with Gasteiger partial charge in [0.1, 0.15) is 5.75 Å². The van der Waals surface area contributed by atoms with Crippen LogP contribution in [0.4, 0.5) is 10.5 Å². The van der Waals surface area contributed by atoms with E-state index in [2.05, 4.69) is 9.55 Å². The summed E-state index contributed by atoms with van der Waals surface area (Å²) in [6.45, 7) is 3.98. The zero-order valence-corrected chi connectivity index (χ0v) is 17.1. The fourth-order valence-electron chi connectivity index (χ4n) is 3.45. The molecule has 6 nitrogen and oxygen atoms in total. The summed E-state index contributed by atoms with van der Waals surface area (Å²) in [7, 11) is 1.51. The van der Waals surface area contributed by atoms with Crippen LogP contribution in [0.3, 0.4) is 0 Å². The van der Waals surface area contributed by atoms with Crippen LogP contribution in [0.2, 0.25) is 0 Å². The molecular formula is C22H19N3O3S. The van der Waals surface area contributed by atoms with Crippen molar-refractivity contribution in [1.29, 1.82) is 0 Å². The fourth-order valence-corrected chi connectivity index (χ4v) is 4.27. The van der Waals surface area contributed by atoms with Crippen molar-refractivity contribution in [3.8, 4) is 11.4 Å². The number of pyridine rings is 1. The molecule has 0 saturated carbocycles. The molecule has 4 rings (SSSR count). The maximum absolute atomic E-state index is 13.0. The molecule has 0 spiro atoms. The maximum Gasteiger partial charge on any atom is 0.298 e. The highest BCUT2D eigenvalue weighted by molar-refractivity contribution is 8.19. The number of imide groups is 1. The van der Waals surface area contributed by atoms with Crippen molar-refractivity contribution >= 4 is 34.7 Å². The molecule has 3 aromatic rings. The fraction of sp³-hybridized carbons (Fsp3) is 0.136. The van der Waals surface area contributed by atoms with Crippen LogP contribution in [0.5, 0.6) is 5.75 Å². The van der Waals surface area contributed by atoms with Crippen molar-refractivity contribution in [3.63, 3.8) is 0 Å². The average molecular weight is 405 g/mol. The summed E-state index contributed by atoms with van der Waals surface area (Å²) in [5, 5.41) is -0.341. The van der Waals surface area contributed by atoms with Crippen LogP contribution >= 0.6 is 11.8 Å². The summed E-state index contributed by atoms with van der Waals surface area (Å²) in [5.74, 6) is 0.126. The second kappa shape index (κ2) is 7.60. The molecule has 1 fully saturated rings.